The molecule has 0 radical (unpaired) electrons. The minimum absolute atomic E-state index is 0.188. The maximum absolute atomic E-state index is 11.1. The van der Waals surface area contributed by atoms with E-state index in [0.29, 0.717) is 18.4 Å². The molecule has 13 heavy (non-hydrogen) atoms. The average Bonchev–Trinajstić information content (AvgIpc) is 2.59. The van der Waals surface area contributed by atoms with E-state index in [1.807, 2.05) is 0 Å². The second-order valence-electron chi connectivity index (χ2n) is 4.37. The van der Waals surface area contributed by atoms with E-state index in [0.717, 1.165) is 12.8 Å². The molecule has 0 heterocycles. The van der Waals surface area contributed by atoms with Gasteiger partial charge in [0.1, 0.15) is 0 Å². The van der Waals surface area contributed by atoms with E-state index >= 15 is 0 Å². The molecule has 2 fully saturated rings. The van der Waals surface area contributed by atoms with Crippen LogP contribution in [-0.4, -0.2) is 23.3 Å². The fraction of sp³-hybridized carbons (Fsp3) is 0.900. The van der Waals surface area contributed by atoms with Crippen LogP contribution < -0.4 is 0 Å². The summed E-state index contributed by atoms with van der Waals surface area (Å²) in [6.07, 6.45) is 3.05. The zero-order valence-corrected chi connectivity index (χ0v) is 7.95. The number of rotatable bonds is 3. The number of esters is 1. The molecule has 0 aliphatic heterocycles. The van der Waals surface area contributed by atoms with Gasteiger partial charge in [-0.3, -0.25) is 4.79 Å². The third-order valence-electron chi connectivity index (χ3n) is 3.13. The Morgan fingerprint density at radius 1 is 1.54 bits per heavy atom. The van der Waals surface area contributed by atoms with Gasteiger partial charge in [0.05, 0.1) is 18.6 Å². The van der Waals surface area contributed by atoms with Gasteiger partial charge in [-0.15, -0.1) is 0 Å². The lowest BCUT2D eigenvalue weighted by atomic mass is 9.94. The van der Waals surface area contributed by atoms with Gasteiger partial charge in [0, 0.05) is 0 Å². The van der Waals surface area contributed by atoms with Crippen LogP contribution in [-0.2, 0) is 9.53 Å². The lowest BCUT2D eigenvalue weighted by Crippen LogP contribution is -2.30. The van der Waals surface area contributed by atoms with Crippen molar-refractivity contribution in [2.24, 2.45) is 11.8 Å². The van der Waals surface area contributed by atoms with Crippen molar-refractivity contribution in [1.82, 2.24) is 0 Å². The van der Waals surface area contributed by atoms with Crippen molar-refractivity contribution in [3.8, 4) is 0 Å². The Kier molecular flexibility index (Phi) is 2.06. The normalized spacial score (nSPS) is 41.4. The molecule has 2 aliphatic carbocycles. The second kappa shape index (κ2) is 2.98. The summed E-state index contributed by atoms with van der Waals surface area (Å²) in [6.45, 7) is 2.19. The Hall–Kier alpha value is -0.570. The molecule has 3 heteroatoms. The summed E-state index contributed by atoms with van der Waals surface area (Å²) in [7, 11) is 0. The van der Waals surface area contributed by atoms with Crippen LogP contribution in [0.15, 0.2) is 0 Å². The summed E-state index contributed by atoms with van der Waals surface area (Å²) < 4.78 is 4.82. The smallest absolute Gasteiger partial charge is 0.308 e. The maximum Gasteiger partial charge on any atom is 0.308 e. The van der Waals surface area contributed by atoms with Gasteiger partial charge in [-0.2, -0.15) is 0 Å². The molecule has 0 bridgehead atoms. The van der Waals surface area contributed by atoms with Gasteiger partial charge in [-0.25, -0.2) is 0 Å². The van der Waals surface area contributed by atoms with Crippen molar-refractivity contribution < 1.29 is 14.6 Å². The molecule has 2 rings (SSSR count). The Bertz CT molecular complexity index is 214. The molecule has 2 saturated carbocycles. The summed E-state index contributed by atoms with van der Waals surface area (Å²) in [4.78, 5) is 11.1. The summed E-state index contributed by atoms with van der Waals surface area (Å²) >= 11 is 0. The number of fused-ring (bicyclic) bond motifs is 1. The quantitative estimate of drug-likeness (QED) is 0.668. The lowest BCUT2D eigenvalue weighted by molar-refractivity contribution is -0.148. The predicted octanol–water partition coefficient (Wildman–Crippen LogP) is 1.10. The first kappa shape index (κ1) is 9.00. The highest BCUT2D eigenvalue weighted by molar-refractivity contribution is 5.70. The minimum atomic E-state index is -0.736. The van der Waals surface area contributed by atoms with E-state index in [-0.39, 0.29) is 12.4 Å². The van der Waals surface area contributed by atoms with Crippen molar-refractivity contribution in [2.75, 3.05) is 6.61 Å². The van der Waals surface area contributed by atoms with Crippen LogP contribution in [0.5, 0.6) is 0 Å². The van der Waals surface area contributed by atoms with Crippen LogP contribution in [0.1, 0.15) is 32.6 Å². The molecule has 0 aromatic carbocycles. The molecule has 1 N–H and O–H groups in total. The van der Waals surface area contributed by atoms with Crippen LogP contribution in [0.4, 0.5) is 0 Å². The maximum atomic E-state index is 11.1. The molecule has 2 unspecified atom stereocenters. The van der Waals surface area contributed by atoms with E-state index in [4.69, 9.17) is 4.74 Å². The first-order valence-electron chi connectivity index (χ1n) is 5.01. The van der Waals surface area contributed by atoms with Crippen molar-refractivity contribution in [1.29, 1.82) is 0 Å². The highest BCUT2D eigenvalue weighted by Gasteiger charge is 2.53. The van der Waals surface area contributed by atoms with Gasteiger partial charge in [-0.1, -0.05) is 0 Å². The zero-order valence-electron chi connectivity index (χ0n) is 7.95. The molecule has 0 saturated heterocycles. The van der Waals surface area contributed by atoms with E-state index in [1.165, 1.54) is 6.42 Å². The van der Waals surface area contributed by atoms with E-state index in [2.05, 4.69) is 0 Å². The van der Waals surface area contributed by atoms with Crippen LogP contribution in [0, 0.1) is 11.8 Å². The lowest BCUT2D eigenvalue weighted by Gasteiger charge is -2.22. The molecular formula is C10H16O3. The number of hydrogen-bond acceptors (Lipinski definition) is 3. The highest BCUT2D eigenvalue weighted by Crippen LogP contribution is 2.56. The van der Waals surface area contributed by atoms with Gasteiger partial charge < -0.3 is 9.84 Å². The molecule has 2 aliphatic rings. The van der Waals surface area contributed by atoms with E-state index < -0.39 is 5.60 Å². The fourth-order valence-electron chi connectivity index (χ4n) is 2.49. The molecule has 3 nitrogen and oxygen atoms in total. The Balaban J connectivity index is 1.83. The molecular weight excluding hydrogens is 168 g/mol. The average molecular weight is 184 g/mol. The highest BCUT2D eigenvalue weighted by atomic mass is 16.5. The number of aliphatic hydroxyl groups is 1. The van der Waals surface area contributed by atoms with Crippen molar-refractivity contribution >= 4 is 5.97 Å². The van der Waals surface area contributed by atoms with E-state index in [1.54, 1.807) is 6.92 Å². The number of carbonyl (C=O) groups excluding carboxylic acids is 1. The van der Waals surface area contributed by atoms with Gasteiger partial charge in [0.15, 0.2) is 0 Å². The molecule has 74 valence electrons. The first-order valence-corrected chi connectivity index (χ1v) is 5.01. The van der Waals surface area contributed by atoms with Crippen molar-refractivity contribution in [2.45, 2.75) is 38.2 Å². The second-order valence-corrected chi connectivity index (χ2v) is 4.37. The van der Waals surface area contributed by atoms with Gasteiger partial charge in [0.25, 0.3) is 0 Å². The fourth-order valence-corrected chi connectivity index (χ4v) is 2.49. The van der Waals surface area contributed by atoms with Crippen LogP contribution in [0.25, 0.3) is 0 Å². The van der Waals surface area contributed by atoms with Gasteiger partial charge in [0.2, 0.25) is 0 Å². The molecule has 2 atom stereocenters. The first-order chi connectivity index (χ1) is 6.13. The predicted molar refractivity (Wildman–Crippen MR) is 47.0 cm³/mol. The van der Waals surface area contributed by atoms with Crippen LogP contribution in [0.2, 0.25) is 0 Å². The Labute approximate surface area is 78.1 Å². The largest absolute Gasteiger partial charge is 0.466 e. The molecule has 0 aromatic heterocycles. The van der Waals surface area contributed by atoms with Gasteiger partial charge in [-0.05, 0) is 38.0 Å². The third kappa shape index (κ3) is 1.85. The van der Waals surface area contributed by atoms with Crippen molar-refractivity contribution in [3.05, 3.63) is 0 Å². The topological polar surface area (TPSA) is 46.5 Å². The zero-order chi connectivity index (χ0) is 9.47. The van der Waals surface area contributed by atoms with Crippen LogP contribution in [0.3, 0.4) is 0 Å². The monoisotopic (exact) mass is 184 g/mol. The summed E-state index contributed by atoms with van der Waals surface area (Å²) in [6, 6.07) is 0. The van der Waals surface area contributed by atoms with Gasteiger partial charge >= 0.3 is 5.97 Å². The minimum Gasteiger partial charge on any atom is -0.466 e. The number of carbonyl (C=O) groups is 1. The summed E-state index contributed by atoms with van der Waals surface area (Å²) in [5.74, 6) is 1.13. The molecule has 0 amide bonds. The standard InChI is InChI=1S/C10H16O3/c1-2-13-9(11)6-10(12)4-7-3-8(7)5-10/h7-8,12H,2-6H2,1H3. The Morgan fingerprint density at radius 3 is 2.69 bits per heavy atom. The molecule has 0 spiro atoms. The van der Waals surface area contributed by atoms with Crippen LogP contribution >= 0.6 is 0 Å². The third-order valence-corrected chi connectivity index (χ3v) is 3.13. The Morgan fingerprint density at radius 2 is 2.15 bits per heavy atom. The number of ether oxygens (including phenoxy) is 1. The summed E-state index contributed by atoms with van der Waals surface area (Å²) in [5, 5.41) is 9.99. The number of hydrogen-bond donors (Lipinski definition) is 1. The SMILES string of the molecule is CCOC(=O)CC1(O)CC2CC2C1. The molecule has 0 aromatic rings. The van der Waals surface area contributed by atoms with Crippen molar-refractivity contribution in [3.63, 3.8) is 0 Å². The summed E-state index contributed by atoms with van der Waals surface area (Å²) in [5.41, 5.74) is -0.736. The van der Waals surface area contributed by atoms with E-state index in [9.17, 15) is 9.90 Å².